The minimum Gasteiger partial charge on any atom is -0.378 e. The molecular weight excluding hydrogens is 306 g/mol. The van der Waals surface area contributed by atoms with E-state index in [1.165, 1.54) is 0 Å². The topological polar surface area (TPSA) is 61.9 Å². The molecule has 1 N–H and O–H groups in total. The lowest BCUT2D eigenvalue weighted by Crippen LogP contribution is -2.37. The van der Waals surface area contributed by atoms with E-state index in [1.807, 2.05) is 29.2 Å². The van der Waals surface area contributed by atoms with Crippen LogP contribution in [0.4, 0.5) is 5.69 Å². The second-order valence-corrected chi connectivity index (χ2v) is 6.36. The number of nitrogens with zero attached hydrogens (tertiary/aromatic N) is 2. The molecule has 2 aliphatic heterocycles. The average Bonchev–Trinajstić information content (AvgIpc) is 2.95. The summed E-state index contributed by atoms with van der Waals surface area (Å²) in [5.41, 5.74) is 1.74. The molecule has 2 heterocycles. The Kier molecular flexibility index (Phi) is 5.35. The first-order valence-corrected chi connectivity index (χ1v) is 8.68. The van der Waals surface area contributed by atoms with E-state index < -0.39 is 0 Å². The molecule has 130 valence electrons. The van der Waals surface area contributed by atoms with Gasteiger partial charge in [-0.2, -0.15) is 0 Å². The van der Waals surface area contributed by atoms with Gasteiger partial charge in [-0.05, 0) is 30.7 Å². The number of hydrogen-bond acceptors (Lipinski definition) is 4. The van der Waals surface area contributed by atoms with Crippen molar-refractivity contribution in [3.05, 3.63) is 29.8 Å². The predicted molar refractivity (Wildman–Crippen MR) is 92.2 cm³/mol. The number of rotatable bonds is 5. The molecule has 0 unspecified atom stereocenters. The zero-order valence-electron chi connectivity index (χ0n) is 14.2. The van der Waals surface area contributed by atoms with Crippen molar-refractivity contribution in [3.8, 4) is 0 Å². The summed E-state index contributed by atoms with van der Waals surface area (Å²) in [6.45, 7) is 6.67. The molecule has 2 fully saturated rings. The maximum absolute atomic E-state index is 12.4. The van der Waals surface area contributed by atoms with Crippen LogP contribution in [-0.2, 0) is 9.53 Å². The third-order valence-electron chi connectivity index (χ3n) is 4.55. The summed E-state index contributed by atoms with van der Waals surface area (Å²) in [6, 6.07) is 7.56. The van der Waals surface area contributed by atoms with Gasteiger partial charge in [-0.15, -0.1) is 0 Å². The molecule has 0 radical (unpaired) electrons. The summed E-state index contributed by atoms with van der Waals surface area (Å²) in [4.78, 5) is 28.3. The first-order valence-electron chi connectivity index (χ1n) is 8.68. The highest BCUT2D eigenvalue weighted by molar-refractivity contribution is 5.95. The molecule has 0 aliphatic carbocycles. The second kappa shape index (κ2) is 7.66. The molecule has 2 amide bonds. The molecule has 24 heavy (non-hydrogen) atoms. The molecule has 1 aromatic rings. The quantitative estimate of drug-likeness (QED) is 0.882. The SMILES string of the molecule is CCCN1C[C@H](NC(=O)c2ccc(N3CCOCC3)cc2)CC1=O. The number of amides is 2. The standard InChI is InChI=1S/C18H25N3O3/c1-2-7-21-13-15(12-17(21)22)19-18(23)14-3-5-16(6-4-14)20-8-10-24-11-9-20/h3-6,15H,2,7-13H2,1H3,(H,19,23)/t15-/m1/s1. The van der Waals surface area contributed by atoms with Gasteiger partial charge in [0.25, 0.3) is 5.91 Å². The molecule has 0 saturated carbocycles. The van der Waals surface area contributed by atoms with Crippen molar-refractivity contribution in [1.82, 2.24) is 10.2 Å². The molecule has 1 atom stereocenters. The van der Waals surface area contributed by atoms with Gasteiger partial charge < -0.3 is 19.9 Å². The van der Waals surface area contributed by atoms with E-state index in [0.29, 0.717) is 18.5 Å². The Balaban J connectivity index is 1.56. The minimum absolute atomic E-state index is 0.0875. The van der Waals surface area contributed by atoms with E-state index in [0.717, 1.165) is 45.0 Å². The van der Waals surface area contributed by atoms with E-state index in [4.69, 9.17) is 4.74 Å². The van der Waals surface area contributed by atoms with Crippen LogP contribution in [0.25, 0.3) is 0 Å². The second-order valence-electron chi connectivity index (χ2n) is 6.36. The zero-order chi connectivity index (χ0) is 16.9. The fourth-order valence-electron chi connectivity index (χ4n) is 3.27. The van der Waals surface area contributed by atoms with Crippen LogP contribution >= 0.6 is 0 Å². The summed E-state index contributed by atoms with van der Waals surface area (Å²) in [6.07, 6.45) is 1.34. The molecule has 1 aromatic carbocycles. The van der Waals surface area contributed by atoms with Gasteiger partial charge in [-0.25, -0.2) is 0 Å². The van der Waals surface area contributed by atoms with E-state index in [-0.39, 0.29) is 17.9 Å². The van der Waals surface area contributed by atoms with E-state index in [9.17, 15) is 9.59 Å². The highest BCUT2D eigenvalue weighted by Gasteiger charge is 2.30. The van der Waals surface area contributed by atoms with Gasteiger partial charge in [0, 0.05) is 43.9 Å². The Labute approximate surface area is 142 Å². The number of benzene rings is 1. The monoisotopic (exact) mass is 331 g/mol. The van der Waals surface area contributed by atoms with Crippen LogP contribution < -0.4 is 10.2 Å². The van der Waals surface area contributed by atoms with Crippen LogP contribution in [0.5, 0.6) is 0 Å². The molecule has 2 aliphatic rings. The third kappa shape index (κ3) is 3.87. The molecule has 6 nitrogen and oxygen atoms in total. The molecule has 2 saturated heterocycles. The molecule has 0 spiro atoms. The van der Waals surface area contributed by atoms with Crippen LogP contribution in [0.1, 0.15) is 30.1 Å². The van der Waals surface area contributed by atoms with Crippen LogP contribution in [0.3, 0.4) is 0 Å². The van der Waals surface area contributed by atoms with Crippen molar-refractivity contribution < 1.29 is 14.3 Å². The Morgan fingerprint density at radius 2 is 1.96 bits per heavy atom. The number of nitrogens with one attached hydrogen (secondary N) is 1. The first-order chi connectivity index (χ1) is 11.7. The van der Waals surface area contributed by atoms with Crippen molar-refractivity contribution in [3.63, 3.8) is 0 Å². The van der Waals surface area contributed by atoms with Gasteiger partial charge in [0.15, 0.2) is 0 Å². The van der Waals surface area contributed by atoms with Crippen molar-refractivity contribution in [2.75, 3.05) is 44.3 Å². The van der Waals surface area contributed by atoms with Gasteiger partial charge >= 0.3 is 0 Å². The molecule has 3 rings (SSSR count). The lowest BCUT2D eigenvalue weighted by Gasteiger charge is -2.28. The van der Waals surface area contributed by atoms with Gasteiger partial charge in [-0.3, -0.25) is 9.59 Å². The molecule has 0 aromatic heterocycles. The number of ether oxygens (including phenoxy) is 1. The van der Waals surface area contributed by atoms with Crippen molar-refractivity contribution in [1.29, 1.82) is 0 Å². The number of carbonyl (C=O) groups excluding carboxylic acids is 2. The maximum Gasteiger partial charge on any atom is 0.251 e. The first kappa shape index (κ1) is 16.8. The van der Waals surface area contributed by atoms with Gasteiger partial charge in [0.1, 0.15) is 0 Å². The number of morpholine rings is 1. The van der Waals surface area contributed by atoms with Crippen LogP contribution in [0, 0.1) is 0 Å². The lowest BCUT2D eigenvalue weighted by atomic mass is 10.1. The normalized spacial score (nSPS) is 21.2. The fraction of sp³-hybridized carbons (Fsp3) is 0.556. The maximum atomic E-state index is 12.4. The van der Waals surface area contributed by atoms with Crippen LogP contribution in [0.15, 0.2) is 24.3 Å². The predicted octanol–water partition coefficient (Wildman–Crippen LogP) is 1.26. The number of hydrogen-bond donors (Lipinski definition) is 1. The highest BCUT2D eigenvalue weighted by Crippen LogP contribution is 2.17. The van der Waals surface area contributed by atoms with Gasteiger partial charge in [0.2, 0.25) is 5.91 Å². The molecular formula is C18H25N3O3. The van der Waals surface area contributed by atoms with Crippen LogP contribution in [0.2, 0.25) is 0 Å². The van der Waals surface area contributed by atoms with E-state index >= 15 is 0 Å². The summed E-state index contributed by atoms with van der Waals surface area (Å²) >= 11 is 0. The van der Waals surface area contributed by atoms with E-state index in [1.54, 1.807) is 0 Å². The Hall–Kier alpha value is -2.08. The van der Waals surface area contributed by atoms with E-state index in [2.05, 4.69) is 17.1 Å². The molecule has 0 bridgehead atoms. The number of likely N-dealkylation sites (tertiary alicyclic amines) is 1. The highest BCUT2D eigenvalue weighted by atomic mass is 16.5. The Morgan fingerprint density at radius 1 is 1.25 bits per heavy atom. The lowest BCUT2D eigenvalue weighted by molar-refractivity contribution is -0.127. The Bertz CT molecular complexity index is 582. The smallest absolute Gasteiger partial charge is 0.251 e. The largest absolute Gasteiger partial charge is 0.378 e. The number of anilines is 1. The zero-order valence-corrected chi connectivity index (χ0v) is 14.2. The fourth-order valence-corrected chi connectivity index (χ4v) is 3.27. The number of carbonyl (C=O) groups is 2. The van der Waals surface area contributed by atoms with Crippen molar-refractivity contribution in [2.24, 2.45) is 0 Å². The Morgan fingerprint density at radius 3 is 2.62 bits per heavy atom. The summed E-state index contributed by atoms with van der Waals surface area (Å²) in [5, 5.41) is 2.98. The van der Waals surface area contributed by atoms with Gasteiger partial charge in [0.05, 0.1) is 19.3 Å². The van der Waals surface area contributed by atoms with Crippen molar-refractivity contribution >= 4 is 17.5 Å². The summed E-state index contributed by atoms with van der Waals surface area (Å²) < 4.78 is 5.35. The third-order valence-corrected chi connectivity index (χ3v) is 4.55. The van der Waals surface area contributed by atoms with Crippen LogP contribution in [-0.4, -0.2) is 62.1 Å². The summed E-state index contributed by atoms with van der Waals surface area (Å²) in [7, 11) is 0. The van der Waals surface area contributed by atoms with Gasteiger partial charge in [-0.1, -0.05) is 6.92 Å². The summed E-state index contributed by atoms with van der Waals surface area (Å²) in [5.74, 6) is 0.0180. The molecule has 6 heteroatoms. The minimum atomic E-state index is -0.111. The van der Waals surface area contributed by atoms with Crippen molar-refractivity contribution in [2.45, 2.75) is 25.8 Å². The average molecular weight is 331 g/mol.